The van der Waals surface area contributed by atoms with Crippen LogP contribution in [0.3, 0.4) is 0 Å². The van der Waals surface area contributed by atoms with E-state index < -0.39 is 49.1 Å². The molecule has 3 rings (SSSR count). The lowest BCUT2D eigenvalue weighted by Crippen LogP contribution is -2.45. The summed E-state index contributed by atoms with van der Waals surface area (Å²) in [6.45, 7) is 2.21. The average molecular weight is 389 g/mol. The van der Waals surface area contributed by atoms with Crippen LogP contribution in [0, 0.1) is 6.92 Å². The molecule has 1 fully saturated rings. The van der Waals surface area contributed by atoms with E-state index in [4.69, 9.17) is 0 Å². The fraction of sp³-hybridized carbons (Fsp3) is 0.400. The Morgan fingerprint density at radius 1 is 1.29 bits per heavy atom. The topological polar surface area (TPSA) is 79.4 Å². The van der Waals surface area contributed by atoms with Gasteiger partial charge in [0, 0.05) is 24.4 Å². The van der Waals surface area contributed by atoms with Gasteiger partial charge in [0.05, 0.1) is 30.2 Å². The monoisotopic (exact) mass is 389 g/mol. The Morgan fingerprint density at radius 2 is 2.04 bits per heavy atom. The molecule has 2 amide bonds. The van der Waals surface area contributed by atoms with Crippen molar-refractivity contribution in [3.05, 3.63) is 41.6 Å². The van der Waals surface area contributed by atoms with Crippen molar-refractivity contribution in [2.75, 3.05) is 13.1 Å². The summed E-state index contributed by atoms with van der Waals surface area (Å²) < 4.78 is 27.5. The SMILES string of the molecule is CCC(=O)C1CC(F)(F)CN1C(=O)CNC(=O)c1ccnc2cc(C)ccc12. The number of ketones is 1. The lowest BCUT2D eigenvalue weighted by molar-refractivity contribution is -0.137. The fourth-order valence-corrected chi connectivity index (χ4v) is 3.41. The van der Waals surface area contributed by atoms with Gasteiger partial charge in [-0.05, 0) is 24.6 Å². The van der Waals surface area contributed by atoms with Crippen molar-refractivity contribution in [3.8, 4) is 0 Å². The molecular formula is C20H21F2N3O3. The van der Waals surface area contributed by atoms with E-state index in [0.29, 0.717) is 16.5 Å². The zero-order chi connectivity index (χ0) is 20.5. The van der Waals surface area contributed by atoms with Gasteiger partial charge in [-0.1, -0.05) is 19.1 Å². The van der Waals surface area contributed by atoms with Gasteiger partial charge < -0.3 is 10.2 Å². The summed E-state index contributed by atoms with van der Waals surface area (Å²) in [5.74, 6) is -4.72. The largest absolute Gasteiger partial charge is 0.343 e. The van der Waals surface area contributed by atoms with Crippen molar-refractivity contribution >= 4 is 28.5 Å². The maximum atomic E-state index is 13.7. The molecule has 2 heterocycles. The molecule has 148 valence electrons. The van der Waals surface area contributed by atoms with Crippen LogP contribution in [-0.2, 0) is 9.59 Å². The van der Waals surface area contributed by atoms with Gasteiger partial charge in [-0.25, -0.2) is 8.78 Å². The Morgan fingerprint density at radius 3 is 2.75 bits per heavy atom. The predicted molar refractivity (Wildman–Crippen MR) is 99.2 cm³/mol. The van der Waals surface area contributed by atoms with E-state index in [1.807, 2.05) is 19.1 Å². The first kappa shape index (κ1) is 19.9. The Balaban J connectivity index is 1.72. The zero-order valence-corrected chi connectivity index (χ0v) is 15.7. The van der Waals surface area contributed by atoms with E-state index in [2.05, 4.69) is 10.3 Å². The van der Waals surface area contributed by atoms with Gasteiger partial charge >= 0.3 is 0 Å². The lowest BCUT2D eigenvalue weighted by atomic mass is 10.1. The molecule has 1 aliphatic heterocycles. The van der Waals surface area contributed by atoms with Crippen LogP contribution in [0.1, 0.15) is 35.7 Å². The molecule has 1 saturated heterocycles. The summed E-state index contributed by atoms with van der Waals surface area (Å²) in [5.41, 5.74) is 1.98. The molecule has 0 spiro atoms. The number of rotatable bonds is 5. The Hall–Kier alpha value is -2.90. The van der Waals surface area contributed by atoms with Gasteiger partial charge in [0.25, 0.3) is 11.8 Å². The maximum absolute atomic E-state index is 13.7. The van der Waals surface area contributed by atoms with Crippen molar-refractivity contribution in [1.29, 1.82) is 0 Å². The molecule has 0 saturated carbocycles. The number of alkyl halides is 2. The minimum absolute atomic E-state index is 0.0688. The fourth-order valence-electron chi connectivity index (χ4n) is 3.41. The van der Waals surface area contributed by atoms with Gasteiger partial charge in [-0.2, -0.15) is 0 Å². The molecule has 1 atom stereocenters. The molecule has 1 N–H and O–H groups in total. The highest BCUT2D eigenvalue weighted by Gasteiger charge is 2.49. The molecule has 0 radical (unpaired) electrons. The molecule has 1 aliphatic rings. The Labute approximate surface area is 160 Å². The van der Waals surface area contributed by atoms with Crippen LogP contribution in [0.2, 0.25) is 0 Å². The van der Waals surface area contributed by atoms with Gasteiger partial charge in [-0.3, -0.25) is 19.4 Å². The number of hydrogen-bond acceptors (Lipinski definition) is 4. The molecule has 0 bridgehead atoms. The summed E-state index contributed by atoms with van der Waals surface area (Å²) in [5, 5.41) is 3.10. The first-order valence-corrected chi connectivity index (χ1v) is 9.05. The summed E-state index contributed by atoms with van der Waals surface area (Å²) in [6.07, 6.45) is 0.891. The number of pyridine rings is 1. The number of fused-ring (bicyclic) bond motifs is 1. The van der Waals surface area contributed by atoms with Crippen molar-refractivity contribution < 1.29 is 23.2 Å². The van der Waals surface area contributed by atoms with E-state index in [9.17, 15) is 23.2 Å². The number of carbonyl (C=O) groups is 3. The number of nitrogens with one attached hydrogen (secondary N) is 1. The number of carbonyl (C=O) groups excluding carboxylic acids is 3. The number of hydrogen-bond donors (Lipinski definition) is 1. The number of amides is 2. The van der Waals surface area contributed by atoms with E-state index in [-0.39, 0.29) is 6.42 Å². The number of halogens is 2. The lowest BCUT2D eigenvalue weighted by Gasteiger charge is -2.22. The number of benzene rings is 1. The third-order valence-electron chi connectivity index (χ3n) is 4.85. The quantitative estimate of drug-likeness (QED) is 0.852. The maximum Gasteiger partial charge on any atom is 0.267 e. The smallest absolute Gasteiger partial charge is 0.267 e. The van der Waals surface area contributed by atoms with Crippen LogP contribution >= 0.6 is 0 Å². The number of aryl methyl sites for hydroxylation is 1. The summed E-state index contributed by atoms with van der Waals surface area (Å²) in [4.78, 5) is 42.0. The molecule has 28 heavy (non-hydrogen) atoms. The summed E-state index contributed by atoms with van der Waals surface area (Å²) in [6, 6.07) is 5.84. The third-order valence-corrected chi connectivity index (χ3v) is 4.85. The van der Waals surface area contributed by atoms with Crippen molar-refractivity contribution in [2.24, 2.45) is 0 Å². The molecule has 1 aromatic carbocycles. The summed E-state index contributed by atoms with van der Waals surface area (Å²) >= 11 is 0. The number of Topliss-reactive ketones (excluding diaryl/α,β-unsaturated/α-hetero) is 1. The van der Waals surface area contributed by atoms with Gasteiger partial charge in [-0.15, -0.1) is 0 Å². The zero-order valence-electron chi connectivity index (χ0n) is 15.7. The number of likely N-dealkylation sites (tertiary alicyclic amines) is 1. The second kappa shape index (κ2) is 7.61. The van der Waals surface area contributed by atoms with Gasteiger partial charge in [0.15, 0.2) is 5.78 Å². The number of nitrogens with zero attached hydrogens (tertiary/aromatic N) is 2. The van der Waals surface area contributed by atoms with Crippen LogP contribution in [-0.4, -0.2) is 52.5 Å². The van der Waals surface area contributed by atoms with E-state index >= 15 is 0 Å². The van der Waals surface area contributed by atoms with Crippen LogP contribution in [0.25, 0.3) is 10.9 Å². The molecule has 6 nitrogen and oxygen atoms in total. The van der Waals surface area contributed by atoms with E-state index in [1.165, 1.54) is 12.3 Å². The van der Waals surface area contributed by atoms with Crippen LogP contribution in [0.4, 0.5) is 8.78 Å². The van der Waals surface area contributed by atoms with Crippen LogP contribution in [0.5, 0.6) is 0 Å². The second-order valence-corrected chi connectivity index (χ2v) is 6.98. The Bertz CT molecular complexity index is 945. The first-order chi connectivity index (χ1) is 13.2. The Kier molecular flexibility index (Phi) is 5.40. The number of aromatic nitrogens is 1. The molecule has 1 unspecified atom stereocenters. The van der Waals surface area contributed by atoms with Crippen LogP contribution in [0.15, 0.2) is 30.5 Å². The average Bonchev–Trinajstić information content (AvgIpc) is 3.00. The highest BCUT2D eigenvalue weighted by atomic mass is 19.3. The summed E-state index contributed by atoms with van der Waals surface area (Å²) in [7, 11) is 0. The van der Waals surface area contributed by atoms with Crippen molar-refractivity contribution in [3.63, 3.8) is 0 Å². The van der Waals surface area contributed by atoms with Gasteiger partial charge in [0.1, 0.15) is 0 Å². The highest BCUT2D eigenvalue weighted by molar-refractivity contribution is 6.07. The van der Waals surface area contributed by atoms with Crippen molar-refractivity contribution in [2.45, 2.75) is 38.7 Å². The van der Waals surface area contributed by atoms with Crippen LogP contribution < -0.4 is 5.32 Å². The standard InChI is InChI=1S/C20H21F2N3O3/c1-3-17(26)16-9-20(21,22)11-25(16)18(27)10-24-19(28)14-6-7-23-15-8-12(2)4-5-13(14)15/h4-8,16H,3,9-11H2,1-2H3,(H,24,28). The molecule has 2 aromatic rings. The molecule has 0 aliphatic carbocycles. The second-order valence-electron chi connectivity index (χ2n) is 6.98. The molecule has 8 heteroatoms. The first-order valence-electron chi connectivity index (χ1n) is 9.05. The normalized spacial score (nSPS) is 18.3. The minimum atomic E-state index is -3.10. The third kappa shape index (κ3) is 4.00. The van der Waals surface area contributed by atoms with Gasteiger partial charge in [0.2, 0.25) is 5.91 Å². The molecular weight excluding hydrogens is 368 g/mol. The highest BCUT2D eigenvalue weighted by Crippen LogP contribution is 2.32. The van der Waals surface area contributed by atoms with Crippen molar-refractivity contribution in [1.82, 2.24) is 15.2 Å². The van der Waals surface area contributed by atoms with E-state index in [1.54, 1.807) is 13.0 Å². The van der Waals surface area contributed by atoms with E-state index in [0.717, 1.165) is 10.5 Å². The molecule has 1 aromatic heterocycles. The minimum Gasteiger partial charge on any atom is -0.343 e. The predicted octanol–water partition coefficient (Wildman–Crippen LogP) is 2.49.